The van der Waals surface area contributed by atoms with E-state index in [-0.39, 0.29) is 0 Å². The van der Waals surface area contributed by atoms with Crippen molar-refractivity contribution in [1.82, 2.24) is 4.90 Å². The van der Waals surface area contributed by atoms with Gasteiger partial charge in [0, 0.05) is 19.2 Å². The van der Waals surface area contributed by atoms with E-state index < -0.39 is 5.97 Å². The van der Waals surface area contributed by atoms with E-state index in [0.29, 0.717) is 5.88 Å². The van der Waals surface area contributed by atoms with Gasteiger partial charge in [-0.15, -0.1) is 0 Å². The molecule has 0 aliphatic heterocycles. The lowest BCUT2D eigenvalue weighted by atomic mass is 10.5. The highest BCUT2D eigenvalue weighted by Gasteiger charge is 2.06. The molecule has 12 heavy (non-hydrogen) atoms. The van der Waals surface area contributed by atoms with Gasteiger partial charge in [-0.25, -0.2) is 4.79 Å². The summed E-state index contributed by atoms with van der Waals surface area (Å²) in [6, 6.07) is 0. The van der Waals surface area contributed by atoms with Gasteiger partial charge in [0.25, 0.3) is 0 Å². The lowest BCUT2D eigenvalue weighted by molar-refractivity contribution is -0.136. The maximum absolute atomic E-state index is 10.7. The maximum atomic E-state index is 10.7. The van der Waals surface area contributed by atoms with Crippen molar-refractivity contribution in [3.63, 3.8) is 0 Å². The number of rotatable bonds is 5. The normalized spacial score (nSPS) is 8.83. The number of hydrogen-bond acceptors (Lipinski definition) is 3. The third-order valence-corrected chi connectivity index (χ3v) is 1.50. The molecule has 0 fully saturated rings. The van der Waals surface area contributed by atoms with Crippen LogP contribution < -0.4 is 0 Å². The Morgan fingerprint density at radius 1 is 1.50 bits per heavy atom. The van der Waals surface area contributed by atoms with Crippen LogP contribution in [0.3, 0.4) is 0 Å². The third kappa shape index (κ3) is 3.23. The van der Waals surface area contributed by atoms with Crippen LogP contribution in [0.15, 0.2) is 25.1 Å². The Labute approximate surface area is 73.3 Å². The molecular weight excluding hydrogens is 154 g/mol. The Bertz CT molecular complexity index is 183. The minimum Gasteiger partial charge on any atom is -0.407 e. The van der Waals surface area contributed by atoms with Gasteiger partial charge in [-0.1, -0.05) is 6.58 Å². The topological polar surface area (TPSA) is 29.5 Å². The zero-order valence-electron chi connectivity index (χ0n) is 7.67. The molecule has 0 aromatic carbocycles. The summed E-state index contributed by atoms with van der Waals surface area (Å²) in [6.07, 6.45) is 1.12. The second kappa shape index (κ2) is 5.41. The fourth-order valence-corrected chi connectivity index (χ4v) is 0.799. The highest BCUT2D eigenvalue weighted by molar-refractivity contribution is 5.81. The Balaban J connectivity index is 4.00. The second-order valence-corrected chi connectivity index (χ2v) is 2.19. The monoisotopic (exact) mass is 169 g/mol. The van der Waals surface area contributed by atoms with Crippen LogP contribution in [0.4, 0.5) is 0 Å². The molecule has 0 aromatic rings. The van der Waals surface area contributed by atoms with Crippen LogP contribution in [0.1, 0.15) is 13.8 Å². The Morgan fingerprint density at radius 3 is 2.33 bits per heavy atom. The maximum Gasteiger partial charge on any atom is 0.336 e. The molecule has 0 atom stereocenters. The SMILES string of the molecule is C=CC(=O)OC(=C)N(CC)CC. The summed E-state index contributed by atoms with van der Waals surface area (Å²) in [5.41, 5.74) is 0. The molecule has 0 heterocycles. The summed E-state index contributed by atoms with van der Waals surface area (Å²) >= 11 is 0. The zero-order chi connectivity index (χ0) is 9.56. The summed E-state index contributed by atoms with van der Waals surface area (Å²) in [7, 11) is 0. The molecule has 0 saturated carbocycles. The third-order valence-electron chi connectivity index (χ3n) is 1.50. The van der Waals surface area contributed by atoms with Gasteiger partial charge < -0.3 is 9.64 Å². The second-order valence-electron chi connectivity index (χ2n) is 2.19. The quantitative estimate of drug-likeness (QED) is 0.355. The number of carbonyl (C=O) groups excluding carboxylic acids is 1. The van der Waals surface area contributed by atoms with Crippen LogP contribution >= 0.6 is 0 Å². The lowest BCUT2D eigenvalue weighted by Crippen LogP contribution is -2.24. The largest absolute Gasteiger partial charge is 0.407 e. The van der Waals surface area contributed by atoms with E-state index >= 15 is 0 Å². The molecule has 0 bridgehead atoms. The van der Waals surface area contributed by atoms with Crippen LogP contribution in [-0.2, 0) is 9.53 Å². The number of carbonyl (C=O) groups is 1. The molecule has 0 unspecified atom stereocenters. The van der Waals surface area contributed by atoms with Crippen molar-refractivity contribution < 1.29 is 9.53 Å². The minimum atomic E-state index is -0.466. The molecule has 3 nitrogen and oxygen atoms in total. The van der Waals surface area contributed by atoms with Crippen LogP contribution in [0.5, 0.6) is 0 Å². The predicted molar refractivity (Wildman–Crippen MR) is 48.4 cm³/mol. The van der Waals surface area contributed by atoms with Crippen molar-refractivity contribution in [1.29, 1.82) is 0 Å². The van der Waals surface area contributed by atoms with Crippen LogP contribution in [0, 0.1) is 0 Å². The number of esters is 1. The average molecular weight is 169 g/mol. The molecule has 0 saturated heterocycles. The zero-order valence-corrected chi connectivity index (χ0v) is 7.67. The van der Waals surface area contributed by atoms with Gasteiger partial charge in [0.2, 0.25) is 0 Å². The van der Waals surface area contributed by atoms with Crippen molar-refractivity contribution in [2.45, 2.75) is 13.8 Å². The molecule has 68 valence electrons. The van der Waals surface area contributed by atoms with Gasteiger partial charge in [-0.3, -0.25) is 0 Å². The average Bonchev–Trinajstić information content (AvgIpc) is 2.06. The molecule has 0 aliphatic rings. The van der Waals surface area contributed by atoms with Gasteiger partial charge in [0.15, 0.2) is 5.88 Å². The van der Waals surface area contributed by atoms with Crippen LogP contribution in [0.25, 0.3) is 0 Å². The number of hydrogen-bond donors (Lipinski definition) is 0. The van der Waals surface area contributed by atoms with Gasteiger partial charge in [-0.05, 0) is 20.4 Å². The first-order valence-electron chi connectivity index (χ1n) is 3.93. The summed E-state index contributed by atoms with van der Waals surface area (Å²) in [6.45, 7) is 12.4. The van der Waals surface area contributed by atoms with E-state index in [9.17, 15) is 4.79 Å². The van der Waals surface area contributed by atoms with Gasteiger partial charge >= 0.3 is 5.97 Å². The molecular formula is C9H15NO2. The van der Waals surface area contributed by atoms with Gasteiger partial charge in [0.1, 0.15) is 0 Å². The molecule has 0 amide bonds. The fraction of sp³-hybridized carbons (Fsp3) is 0.444. The Morgan fingerprint density at radius 2 is 2.00 bits per heavy atom. The molecule has 0 aliphatic carbocycles. The van der Waals surface area contributed by atoms with E-state index in [1.54, 1.807) is 0 Å². The molecule has 0 aromatic heterocycles. The molecule has 0 rings (SSSR count). The Kier molecular flexibility index (Phi) is 4.84. The predicted octanol–water partition coefficient (Wildman–Crippen LogP) is 1.53. The van der Waals surface area contributed by atoms with Crippen molar-refractivity contribution in [3.8, 4) is 0 Å². The van der Waals surface area contributed by atoms with E-state index in [4.69, 9.17) is 4.74 Å². The van der Waals surface area contributed by atoms with Crippen molar-refractivity contribution in [3.05, 3.63) is 25.1 Å². The van der Waals surface area contributed by atoms with E-state index in [0.717, 1.165) is 19.2 Å². The van der Waals surface area contributed by atoms with Crippen LogP contribution in [-0.4, -0.2) is 24.0 Å². The van der Waals surface area contributed by atoms with E-state index in [2.05, 4.69) is 13.2 Å². The van der Waals surface area contributed by atoms with Gasteiger partial charge in [0.05, 0.1) is 0 Å². The van der Waals surface area contributed by atoms with Crippen molar-refractivity contribution in [2.24, 2.45) is 0 Å². The Hall–Kier alpha value is -1.25. The first kappa shape index (κ1) is 10.8. The minimum absolute atomic E-state index is 0.380. The highest BCUT2D eigenvalue weighted by atomic mass is 16.5. The molecule has 3 heteroatoms. The molecule has 0 spiro atoms. The first-order valence-corrected chi connectivity index (χ1v) is 3.93. The van der Waals surface area contributed by atoms with Crippen molar-refractivity contribution >= 4 is 5.97 Å². The summed E-state index contributed by atoms with van der Waals surface area (Å²) in [4.78, 5) is 12.6. The lowest BCUT2D eigenvalue weighted by Gasteiger charge is -2.21. The van der Waals surface area contributed by atoms with E-state index in [1.807, 2.05) is 18.7 Å². The van der Waals surface area contributed by atoms with Crippen molar-refractivity contribution in [2.75, 3.05) is 13.1 Å². The summed E-state index contributed by atoms with van der Waals surface area (Å²) in [5, 5.41) is 0. The number of ether oxygens (including phenoxy) is 1. The van der Waals surface area contributed by atoms with E-state index in [1.165, 1.54) is 0 Å². The fourth-order valence-electron chi connectivity index (χ4n) is 0.799. The van der Waals surface area contributed by atoms with Gasteiger partial charge in [-0.2, -0.15) is 0 Å². The number of nitrogens with zero attached hydrogens (tertiary/aromatic N) is 1. The first-order chi connectivity index (χ1) is 5.65. The molecule has 0 N–H and O–H groups in total. The summed E-state index contributed by atoms with van der Waals surface area (Å²) < 4.78 is 4.82. The standard InChI is InChI=1S/C9H15NO2/c1-5-9(11)12-8(4)10(6-2)7-3/h5H,1,4,6-7H2,2-3H3. The smallest absolute Gasteiger partial charge is 0.336 e. The summed E-state index contributed by atoms with van der Waals surface area (Å²) in [5.74, 6) is -0.0863. The highest BCUT2D eigenvalue weighted by Crippen LogP contribution is 2.02. The van der Waals surface area contributed by atoms with Crippen LogP contribution in [0.2, 0.25) is 0 Å². The molecule has 0 radical (unpaired) electrons.